The van der Waals surface area contributed by atoms with Crippen LogP contribution >= 0.6 is 11.3 Å². The first-order valence-corrected chi connectivity index (χ1v) is 7.86. The van der Waals surface area contributed by atoms with Gasteiger partial charge in [-0.3, -0.25) is 14.3 Å². The van der Waals surface area contributed by atoms with Gasteiger partial charge in [0, 0.05) is 16.7 Å². The highest BCUT2D eigenvalue weighted by Crippen LogP contribution is 2.09. The second kappa shape index (κ2) is 6.53. The van der Waals surface area contributed by atoms with Crippen LogP contribution in [0.1, 0.15) is 11.3 Å². The van der Waals surface area contributed by atoms with Crippen molar-refractivity contribution in [1.29, 1.82) is 0 Å². The average Bonchev–Trinajstić information content (AvgIpc) is 3.06. The van der Waals surface area contributed by atoms with Crippen LogP contribution in [0.4, 0.5) is 0 Å². The summed E-state index contributed by atoms with van der Waals surface area (Å²) in [6.07, 6.45) is 1.62. The minimum Gasteiger partial charge on any atom is -0.351 e. The van der Waals surface area contributed by atoms with Crippen LogP contribution in [0.5, 0.6) is 0 Å². The van der Waals surface area contributed by atoms with Crippen molar-refractivity contribution in [3.8, 4) is 0 Å². The topological polar surface area (TPSA) is 64.0 Å². The Bertz CT molecular complexity index is 840. The number of carbonyl (C=O) groups is 1. The molecule has 3 aromatic rings. The fourth-order valence-electron chi connectivity index (χ4n) is 2.23. The molecular formula is C16H15N3O2S. The first-order valence-electron chi connectivity index (χ1n) is 6.98. The van der Waals surface area contributed by atoms with Gasteiger partial charge in [0.1, 0.15) is 0 Å². The third-order valence-electron chi connectivity index (χ3n) is 3.35. The number of rotatable bonds is 5. The molecule has 6 heteroatoms. The van der Waals surface area contributed by atoms with Gasteiger partial charge >= 0.3 is 0 Å². The zero-order chi connectivity index (χ0) is 15.4. The highest BCUT2D eigenvalue weighted by molar-refractivity contribution is 7.09. The highest BCUT2D eigenvalue weighted by Gasteiger charge is 2.06. The van der Waals surface area contributed by atoms with Gasteiger partial charge < -0.3 is 5.32 Å². The molecule has 0 aliphatic rings. The Balaban J connectivity index is 1.65. The van der Waals surface area contributed by atoms with E-state index in [0.717, 1.165) is 10.4 Å². The van der Waals surface area contributed by atoms with E-state index in [2.05, 4.69) is 10.4 Å². The molecule has 0 unspecified atom stereocenters. The van der Waals surface area contributed by atoms with Crippen LogP contribution in [-0.4, -0.2) is 15.7 Å². The highest BCUT2D eigenvalue weighted by atomic mass is 32.1. The summed E-state index contributed by atoms with van der Waals surface area (Å²) in [7, 11) is 0. The van der Waals surface area contributed by atoms with Crippen molar-refractivity contribution in [2.24, 2.45) is 0 Å². The number of hydrogen-bond acceptors (Lipinski definition) is 4. The van der Waals surface area contributed by atoms with Crippen LogP contribution in [0.15, 0.2) is 52.8 Å². The van der Waals surface area contributed by atoms with Crippen molar-refractivity contribution in [2.75, 3.05) is 0 Å². The van der Waals surface area contributed by atoms with Crippen molar-refractivity contribution in [3.05, 3.63) is 63.1 Å². The van der Waals surface area contributed by atoms with E-state index in [0.29, 0.717) is 24.9 Å². The summed E-state index contributed by atoms with van der Waals surface area (Å²) in [5.74, 6) is -0.0296. The largest absolute Gasteiger partial charge is 0.351 e. The van der Waals surface area contributed by atoms with Gasteiger partial charge in [-0.25, -0.2) is 0 Å². The predicted molar refractivity (Wildman–Crippen MR) is 86.8 cm³/mol. The second-order valence-electron chi connectivity index (χ2n) is 4.86. The molecule has 1 N–H and O–H groups in total. The summed E-state index contributed by atoms with van der Waals surface area (Å²) in [6, 6.07) is 11.2. The normalized spacial score (nSPS) is 10.7. The smallest absolute Gasteiger partial charge is 0.222 e. The Kier molecular flexibility index (Phi) is 4.29. The molecule has 0 saturated heterocycles. The number of para-hydroxylation sites is 1. The predicted octanol–water partition coefficient (Wildman–Crippen LogP) is 2.16. The van der Waals surface area contributed by atoms with E-state index >= 15 is 0 Å². The molecule has 5 nitrogen and oxygen atoms in total. The maximum atomic E-state index is 11.9. The van der Waals surface area contributed by atoms with Gasteiger partial charge in [0.25, 0.3) is 0 Å². The van der Waals surface area contributed by atoms with Crippen molar-refractivity contribution in [3.63, 3.8) is 0 Å². The quantitative estimate of drug-likeness (QED) is 0.785. The molecule has 2 heterocycles. The molecule has 22 heavy (non-hydrogen) atoms. The van der Waals surface area contributed by atoms with Gasteiger partial charge in [0.15, 0.2) is 0 Å². The van der Waals surface area contributed by atoms with Crippen molar-refractivity contribution in [2.45, 2.75) is 19.5 Å². The molecule has 1 amide bonds. The zero-order valence-electron chi connectivity index (χ0n) is 11.9. The molecular weight excluding hydrogens is 298 g/mol. The molecule has 0 aliphatic heterocycles. The second-order valence-corrected chi connectivity index (χ2v) is 5.89. The van der Waals surface area contributed by atoms with Crippen molar-refractivity contribution in [1.82, 2.24) is 15.1 Å². The molecule has 2 aromatic heterocycles. The summed E-state index contributed by atoms with van der Waals surface area (Å²) in [5.41, 5.74) is 0.648. The van der Waals surface area contributed by atoms with Crippen molar-refractivity contribution >= 4 is 28.1 Å². The number of aromatic nitrogens is 2. The van der Waals surface area contributed by atoms with E-state index in [1.807, 2.05) is 35.7 Å². The van der Waals surface area contributed by atoms with E-state index < -0.39 is 0 Å². The van der Waals surface area contributed by atoms with Crippen molar-refractivity contribution < 1.29 is 4.79 Å². The van der Waals surface area contributed by atoms with E-state index in [-0.39, 0.29) is 11.3 Å². The maximum Gasteiger partial charge on any atom is 0.222 e. The number of nitrogens with zero attached hydrogens (tertiary/aromatic N) is 2. The minimum atomic E-state index is -0.103. The minimum absolute atomic E-state index is 0.0296. The third kappa shape index (κ3) is 3.23. The lowest BCUT2D eigenvalue weighted by Gasteiger charge is -2.09. The van der Waals surface area contributed by atoms with E-state index in [9.17, 15) is 9.59 Å². The lowest BCUT2D eigenvalue weighted by atomic mass is 10.2. The number of thiophene rings is 1. The summed E-state index contributed by atoms with van der Waals surface area (Å²) < 4.78 is 1.70. The number of benzene rings is 1. The summed E-state index contributed by atoms with van der Waals surface area (Å²) in [4.78, 5) is 24.8. The van der Waals surface area contributed by atoms with E-state index in [1.54, 1.807) is 22.1 Å². The molecule has 0 bridgehead atoms. The number of nitrogens with one attached hydrogen (secondary N) is 1. The van der Waals surface area contributed by atoms with Gasteiger partial charge in [0.2, 0.25) is 11.3 Å². The number of aryl methyl sites for hydroxylation is 1. The Labute approximate surface area is 131 Å². The molecule has 0 radical (unpaired) electrons. The first kappa shape index (κ1) is 14.5. The Morgan fingerprint density at radius 3 is 2.91 bits per heavy atom. The Morgan fingerprint density at radius 2 is 2.09 bits per heavy atom. The summed E-state index contributed by atoms with van der Waals surface area (Å²) >= 11 is 1.62. The number of amides is 1. The van der Waals surface area contributed by atoms with Crippen LogP contribution in [0, 0.1) is 0 Å². The molecule has 0 atom stereocenters. The fourth-order valence-corrected chi connectivity index (χ4v) is 2.88. The van der Waals surface area contributed by atoms with Gasteiger partial charge in [-0.1, -0.05) is 18.2 Å². The van der Waals surface area contributed by atoms with E-state index in [4.69, 9.17) is 0 Å². The average molecular weight is 313 g/mol. The van der Waals surface area contributed by atoms with Crippen LogP contribution in [-0.2, 0) is 17.9 Å². The molecule has 0 saturated carbocycles. The van der Waals surface area contributed by atoms with Crippen LogP contribution in [0.3, 0.4) is 0 Å². The van der Waals surface area contributed by atoms with Crippen LogP contribution in [0.25, 0.3) is 10.9 Å². The van der Waals surface area contributed by atoms with Crippen LogP contribution in [0.2, 0.25) is 0 Å². The summed E-state index contributed by atoms with van der Waals surface area (Å²) in [5, 5.41) is 9.60. The van der Waals surface area contributed by atoms with E-state index in [1.165, 1.54) is 6.20 Å². The SMILES string of the molecule is O=C(CCn1ncc(=O)c2ccccc21)NCc1cccs1. The van der Waals surface area contributed by atoms with Gasteiger partial charge in [0.05, 0.1) is 24.8 Å². The Hall–Kier alpha value is -2.47. The van der Waals surface area contributed by atoms with Gasteiger partial charge in [-0.2, -0.15) is 5.10 Å². The van der Waals surface area contributed by atoms with Gasteiger partial charge in [-0.05, 0) is 23.6 Å². The monoisotopic (exact) mass is 313 g/mol. The zero-order valence-corrected chi connectivity index (χ0v) is 12.7. The maximum absolute atomic E-state index is 11.9. The lowest BCUT2D eigenvalue weighted by Crippen LogP contribution is -2.24. The van der Waals surface area contributed by atoms with Gasteiger partial charge in [-0.15, -0.1) is 11.3 Å². The van der Waals surface area contributed by atoms with Crippen LogP contribution < -0.4 is 10.7 Å². The number of hydrogen-bond donors (Lipinski definition) is 1. The molecule has 0 fully saturated rings. The fraction of sp³-hybridized carbons (Fsp3) is 0.188. The number of fused-ring (bicyclic) bond motifs is 1. The third-order valence-corrected chi connectivity index (χ3v) is 4.23. The standard InChI is InChI=1S/C16H15N3O2S/c20-15-11-18-19(14-6-2-1-5-13(14)15)8-7-16(21)17-10-12-4-3-9-22-12/h1-6,9,11H,7-8,10H2,(H,17,21). The number of carbonyl (C=O) groups excluding carboxylic acids is 1. The Morgan fingerprint density at radius 1 is 1.23 bits per heavy atom. The molecule has 112 valence electrons. The molecule has 1 aromatic carbocycles. The molecule has 0 spiro atoms. The lowest BCUT2D eigenvalue weighted by molar-refractivity contribution is -0.121. The summed E-state index contributed by atoms with van der Waals surface area (Å²) in [6.45, 7) is 0.992. The molecule has 3 rings (SSSR count). The molecule has 0 aliphatic carbocycles. The first-order chi connectivity index (χ1) is 10.7.